The van der Waals surface area contributed by atoms with E-state index in [0.29, 0.717) is 0 Å². The smallest absolute Gasteiger partial charge is 0.154 e. The molecule has 0 saturated heterocycles. The molecule has 0 aliphatic rings. The van der Waals surface area contributed by atoms with Crippen molar-refractivity contribution in [2.45, 2.75) is 65.1 Å². The Hall–Kier alpha value is -0.600. The van der Waals surface area contributed by atoms with Gasteiger partial charge in [0.2, 0.25) is 0 Å². The van der Waals surface area contributed by atoms with Gasteiger partial charge in [-0.1, -0.05) is 50.5 Å². The first kappa shape index (κ1) is 17.4. The molecule has 0 heterocycles. The molecule has 0 radical (unpaired) electrons. The molecule has 0 rings (SSSR count). The summed E-state index contributed by atoms with van der Waals surface area (Å²) in [6.07, 6.45) is 14.9. The van der Waals surface area contributed by atoms with Crippen LogP contribution in [0.15, 0.2) is 24.8 Å². The molecule has 2 heteroatoms. The lowest BCUT2D eigenvalue weighted by atomic mass is 10.1. The molecule has 0 aromatic heterocycles. The number of hydrogen-bond acceptors (Lipinski definition) is 2. The van der Waals surface area contributed by atoms with Crippen molar-refractivity contribution < 1.29 is 9.47 Å². The Morgan fingerprint density at radius 2 is 1.67 bits per heavy atom. The van der Waals surface area contributed by atoms with Gasteiger partial charge in [-0.15, -0.1) is 0 Å². The zero-order valence-corrected chi connectivity index (χ0v) is 12.2. The Balaban J connectivity index is 3.07. The highest BCUT2D eigenvalue weighted by atomic mass is 16.7. The predicted molar refractivity (Wildman–Crippen MR) is 78.7 cm³/mol. The lowest BCUT2D eigenvalue weighted by Crippen LogP contribution is -2.13. The second kappa shape index (κ2) is 14.5. The molecule has 2 nitrogen and oxygen atoms in total. The maximum absolute atomic E-state index is 5.51. The average molecular weight is 254 g/mol. The molecule has 0 aliphatic heterocycles. The van der Waals surface area contributed by atoms with Crippen molar-refractivity contribution in [1.82, 2.24) is 0 Å². The minimum Gasteiger partial charge on any atom is -0.353 e. The van der Waals surface area contributed by atoms with Gasteiger partial charge in [0.25, 0.3) is 0 Å². The molecule has 0 saturated carbocycles. The summed E-state index contributed by atoms with van der Waals surface area (Å²) in [4.78, 5) is 0. The van der Waals surface area contributed by atoms with E-state index in [0.717, 1.165) is 19.6 Å². The molecule has 0 N–H and O–H groups in total. The van der Waals surface area contributed by atoms with E-state index in [-0.39, 0.29) is 6.29 Å². The van der Waals surface area contributed by atoms with Gasteiger partial charge in [0.15, 0.2) is 6.29 Å². The van der Waals surface area contributed by atoms with Crippen molar-refractivity contribution in [2.75, 3.05) is 13.2 Å². The van der Waals surface area contributed by atoms with Crippen LogP contribution in [0.3, 0.4) is 0 Å². The summed E-state index contributed by atoms with van der Waals surface area (Å²) in [5, 5.41) is 0. The molecule has 0 aromatic carbocycles. The molecule has 0 bridgehead atoms. The largest absolute Gasteiger partial charge is 0.353 e. The van der Waals surface area contributed by atoms with Gasteiger partial charge in [0, 0.05) is 13.2 Å². The fourth-order valence-corrected chi connectivity index (χ4v) is 1.80. The molecule has 0 aliphatic carbocycles. The Labute approximate surface area is 113 Å². The highest BCUT2D eigenvalue weighted by Gasteiger charge is 1.99. The van der Waals surface area contributed by atoms with Crippen molar-refractivity contribution >= 4 is 0 Å². The highest BCUT2D eigenvalue weighted by molar-refractivity contribution is 4.96. The Kier molecular flexibility index (Phi) is 14.0. The van der Waals surface area contributed by atoms with E-state index in [1.165, 1.54) is 38.5 Å². The fourth-order valence-electron chi connectivity index (χ4n) is 1.80. The monoisotopic (exact) mass is 254 g/mol. The van der Waals surface area contributed by atoms with Crippen LogP contribution in [0.5, 0.6) is 0 Å². The molecule has 0 spiro atoms. The fraction of sp³-hybridized carbons (Fsp3) is 0.750. The molecular weight excluding hydrogens is 224 g/mol. The zero-order chi connectivity index (χ0) is 13.5. The predicted octanol–water partition coefficient (Wildman–Crippen LogP) is 4.86. The first-order valence-electron chi connectivity index (χ1n) is 7.32. The minimum absolute atomic E-state index is 0.0494. The number of allylic oxidation sites excluding steroid dienone is 3. The third-order valence-corrected chi connectivity index (χ3v) is 2.79. The van der Waals surface area contributed by atoms with Gasteiger partial charge in [0.05, 0.1) is 0 Å². The zero-order valence-electron chi connectivity index (χ0n) is 12.2. The van der Waals surface area contributed by atoms with Crippen LogP contribution in [0, 0.1) is 0 Å². The van der Waals surface area contributed by atoms with E-state index >= 15 is 0 Å². The summed E-state index contributed by atoms with van der Waals surface area (Å²) in [5.74, 6) is 0. The van der Waals surface area contributed by atoms with Gasteiger partial charge in [-0.3, -0.25) is 0 Å². The molecule has 0 aromatic rings. The van der Waals surface area contributed by atoms with Gasteiger partial charge >= 0.3 is 0 Å². The van der Waals surface area contributed by atoms with Gasteiger partial charge < -0.3 is 9.47 Å². The van der Waals surface area contributed by atoms with Crippen LogP contribution in [0.2, 0.25) is 0 Å². The Morgan fingerprint density at radius 1 is 1.00 bits per heavy atom. The first-order valence-corrected chi connectivity index (χ1v) is 7.32. The average Bonchev–Trinajstić information content (AvgIpc) is 2.36. The number of unbranched alkanes of at least 4 members (excludes halogenated alkanes) is 6. The van der Waals surface area contributed by atoms with E-state index in [1.54, 1.807) is 0 Å². The van der Waals surface area contributed by atoms with Crippen molar-refractivity contribution in [1.29, 1.82) is 0 Å². The van der Waals surface area contributed by atoms with E-state index in [9.17, 15) is 0 Å². The van der Waals surface area contributed by atoms with Crippen LogP contribution >= 0.6 is 0 Å². The summed E-state index contributed by atoms with van der Waals surface area (Å²) < 4.78 is 10.8. The normalized spacial score (nSPS) is 13.0. The maximum atomic E-state index is 5.51. The quantitative estimate of drug-likeness (QED) is 0.265. The molecular formula is C16H30O2. The SMILES string of the molecule is C=CC=CCCCCCCCCOC(C)OCC. The second-order valence-electron chi connectivity index (χ2n) is 4.47. The highest BCUT2D eigenvalue weighted by Crippen LogP contribution is 2.08. The third-order valence-electron chi connectivity index (χ3n) is 2.79. The summed E-state index contributed by atoms with van der Waals surface area (Å²) in [6.45, 7) is 9.15. The number of ether oxygens (including phenoxy) is 2. The van der Waals surface area contributed by atoms with Gasteiger partial charge in [0.1, 0.15) is 0 Å². The standard InChI is InChI=1S/C16H30O2/c1-4-6-7-8-9-10-11-12-13-14-15-18-16(3)17-5-2/h4,6-7,16H,1,5,8-15H2,2-3H3. The Bertz CT molecular complexity index is 199. The van der Waals surface area contributed by atoms with E-state index in [4.69, 9.17) is 9.47 Å². The lowest BCUT2D eigenvalue weighted by molar-refractivity contribution is -0.127. The molecule has 1 atom stereocenters. The maximum Gasteiger partial charge on any atom is 0.154 e. The topological polar surface area (TPSA) is 18.5 Å². The molecule has 0 amide bonds. The minimum atomic E-state index is -0.0494. The van der Waals surface area contributed by atoms with E-state index in [1.807, 2.05) is 26.0 Å². The van der Waals surface area contributed by atoms with Crippen LogP contribution in [0.4, 0.5) is 0 Å². The lowest BCUT2D eigenvalue weighted by Gasteiger charge is -2.12. The van der Waals surface area contributed by atoms with Crippen LogP contribution in [-0.2, 0) is 9.47 Å². The Morgan fingerprint density at radius 3 is 2.33 bits per heavy atom. The van der Waals surface area contributed by atoms with E-state index in [2.05, 4.69) is 12.7 Å². The summed E-state index contributed by atoms with van der Waals surface area (Å²) in [6, 6.07) is 0. The number of hydrogen-bond donors (Lipinski definition) is 0. The van der Waals surface area contributed by atoms with Crippen LogP contribution in [0.1, 0.15) is 58.8 Å². The second-order valence-corrected chi connectivity index (χ2v) is 4.47. The van der Waals surface area contributed by atoms with Crippen LogP contribution in [0.25, 0.3) is 0 Å². The summed E-state index contributed by atoms with van der Waals surface area (Å²) in [7, 11) is 0. The third kappa shape index (κ3) is 13.5. The van der Waals surface area contributed by atoms with Gasteiger partial charge in [-0.2, -0.15) is 0 Å². The molecule has 106 valence electrons. The first-order chi connectivity index (χ1) is 8.81. The molecule has 18 heavy (non-hydrogen) atoms. The van der Waals surface area contributed by atoms with Crippen molar-refractivity contribution in [3.05, 3.63) is 24.8 Å². The number of rotatable bonds is 13. The summed E-state index contributed by atoms with van der Waals surface area (Å²) >= 11 is 0. The van der Waals surface area contributed by atoms with Crippen LogP contribution < -0.4 is 0 Å². The van der Waals surface area contributed by atoms with Crippen molar-refractivity contribution in [2.24, 2.45) is 0 Å². The van der Waals surface area contributed by atoms with Crippen molar-refractivity contribution in [3.63, 3.8) is 0 Å². The van der Waals surface area contributed by atoms with Crippen LogP contribution in [-0.4, -0.2) is 19.5 Å². The molecule has 0 fully saturated rings. The van der Waals surface area contributed by atoms with Gasteiger partial charge in [-0.25, -0.2) is 0 Å². The van der Waals surface area contributed by atoms with Gasteiger partial charge in [-0.05, 0) is 33.1 Å². The molecule has 1 unspecified atom stereocenters. The summed E-state index contributed by atoms with van der Waals surface area (Å²) in [5.41, 5.74) is 0. The van der Waals surface area contributed by atoms with E-state index < -0.39 is 0 Å². The van der Waals surface area contributed by atoms with Crippen molar-refractivity contribution in [3.8, 4) is 0 Å².